The normalized spacial score (nSPS) is 13.1. The Labute approximate surface area is 236 Å². The molecule has 214 valence electrons. The van der Waals surface area contributed by atoms with Gasteiger partial charge in [0.15, 0.2) is 0 Å². The number of fused-ring (bicyclic) bond motifs is 1. The summed E-state index contributed by atoms with van der Waals surface area (Å²) in [7, 11) is 0. The fourth-order valence-corrected chi connectivity index (χ4v) is 4.62. The molecule has 0 saturated carbocycles. The Morgan fingerprint density at radius 1 is 0.900 bits per heavy atom. The van der Waals surface area contributed by atoms with Crippen molar-refractivity contribution in [2.24, 2.45) is 5.92 Å². The maximum Gasteiger partial charge on any atom is 0.408 e. The van der Waals surface area contributed by atoms with E-state index in [1.54, 1.807) is 58.9 Å². The van der Waals surface area contributed by atoms with Crippen molar-refractivity contribution >= 4 is 34.4 Å². The van der Waals surface area contributed by atoms with Gasteiger partial charge < -0.3 is 25.4 Å². The zero-order chi connectivity index (χ0) is 29.6. The van der Waals surface area contributed by atoms with E-state index in [-0.39, 0.29) is 17.2 Å². The van der Waals surface area contributed by atoms with Gasteiger partial charge in [-0.1, -0.05) is 62.4 Å². The summed E-state index contributed by atoms with van der Waals surface area (Å²) in [5, 5.41) is 18.5. The van der Waals surface area contributed by atoms with Gasteiger partial charge in [-0.05, 0) is 75.9 Å². The molecule has 3 aromatic rings. The van der Waals surface area contributed by atoms with Crippen molar-refractivity contribution in [1.82, 2.24) is 10.2 Å². The average molecular weight is 548 g/mol. The molecule has 3 rings (SSSR count). The van der Waals surface area contributed by atoms with Crippen molar-refractivity contribution in [3.05, 3.63) is 72.3 Å². The van der Waals surface area contributed by atoms with Crippen LogP contribution in [0, 0.1) is 5.92 Å². The van der Waals surface area contributed by atoms with E-state index < -0.39 is 41.6 Å². The summed E-state index contributed by atoms with van der Waals surface area (Å²) < 4.78 is 5.43. The quantitative estimate of drug-likeness (QED) is 0.287. The predicted molar refractivity (Wildman–Crippen MR) is 158 cm³/mol. The molecule has 0 saturated heterocycles. The van der Waals surface area contributed by atoms with Crippen LogP contribution in [0.2, 0.25) is 0 Å². The minimum Gasteiger partial charge on any atom is -0.508 e. The van der Waals surface area contributed by atoms with Gasteiger partial charge in [0.05, 0.1) is 0 Å². The lowest BCUT2D eigenvalue weighted by Gasteiger charge is -2.37. The van der Waals surface area contributed by atoms with E-state index in [2.05, 4.69) is 10.6 Å². The zero-order valence-electron chi connectivity index (χ0n) is 24.4. The first kappa shape index (κ1) is 30.5. The third kappa shape index (κ3) is 7.97. The third-order valence-corrected chi connectivity index (χ3v) is 6.28. The van der Waals surface area contributed by atoms with Crippen LogP contribution in [0.25, 0.3) is 10.8 Å². The number of phenols is 1. The highest BCUT2D eigenvalue weighted by molar-refractivity contribution is 6.00. The van der Waals surface area contributed by atoms with Crippen LogP contribution >= 0.6 is 0 Å². The van der Waals surface area contributed by atoms with E-state index in [9.17, 15) is 19.5 Å². The van der Waals surface area contributed by atoms with Gasteiger partial charge in [-0.25, -0.2) is 4.79 Å². The van der Waals surface area contributed by atoms with Crippen molar-refractivity contribution in [3.63, 3.8) is 0 Å². The fourth-order valence-electron chi connectivity index (χ4n) is 4.62. The lowest BCUT2D eigenvalue weighted by molar-refractivity contribution is -0.143. The number of phenolic OH excluding ortho intramolecular Hbond substituents is 1. The number of benzene rings is 3. The van der Waals surface area contributed by atoms with Crippen molar-refractivity contribution in [2.45, 2.75) is 78.6 Å². The van der Waals surface area contributed by atoms with Gasteiger partial charge >= 0.3 is 6.09 Å². The maximum absolute atomic E-state index is 14.2. The van der Waals surface area contributed by atoms with Gasteiger partial charge in [0.2, 0.25) is 5.91 Å². The third-order valence-electron chi connectivity index (χ3n) is 6.28. The van der Waals surface area contributed by atoms with Crippen LogP contribution in [-0.2, 0) is 14.3 Å². The number of nitrogens with zero attached hydrogens (tertiary/aromatic N) is 1. The van der Waals surface area contributed by atoms with E-state index in [1.165, 1.54) is 11.0 Å². The molecule has 8 nitrogen and oxygen atoms in total. The first-order valence-corrected chi connectivity index (χ1v) is 13.7. The predicted octanol–water partition coefficient (Wildman–Crippen LogP) is 6.40. The SMILES string of the molecule is CC(C)CC(NC(=O)OC(C)(C)C)C(=O)N(C(C)C)C(C(=O)Nc1ccc2ccccc2c1)c1ccccc1O. The molecule has 0 heterocycles. The Balaban J connectivity index is 2.02. The number of nitrogens with one attached hydrogen (secondary N) is 2. The highest BCUT2D eigenvalue weighted by atomic mass is 16.6. The molecule has 0 aliphatic heterocycles. The van der Waals surface area contributed by atoms with Crippen LogP contribution in [0.1, 0.15) is 66.5 Å². The second kappa shape index (κ2) is 12.9. The van der Waals surface area contributed by atoms with Gasteiger partial charge in [0, 0.05) is 17.3 Å². The number of carbonyl (C=O) groups excluding carboxylic acids is 3. The van der Waals surface area contributed by atoms with E-state index in [0.717, 1.165) is 10.8 Å². The number of para-hydroxylation sites is 1. The van der Waals surface area contributed by atoms with Crippen molar-refractivity contribution in [1.29, 1.82) is 0 Å². The molecule has 2 atom stereocenters. The molecule has 0 fully saturated rings. The van der Waals surface area contributed by atoms with E-state index in [0.29, 0.717) is 12.1 Å². The second-order valence-corrected chi connectivity index (χ2v) is 11.7. The molecule has 0 spiro atoms. The van der Waals surface area contributed by atoms with Gasteiger partial charge in [-0.3, -0.25) is 9.59 Å². The molecular formula is C32H41N3O5. The van der Waals surface area contributed by atoms with Crippen LogP contribution < -0.4 is 10.6 Å². The molecule has 3 N–H and O–H groups in total. The topological polar surface area (TPSA) is 108 Å². The summed E-state index contributed by atoms with van der Waals surface area (Å²) in [6.45, 7) is 12.7. The van der Waals surface area contributed by atoms with Crippen LogP contribution in [0.5, 0.6) is 5.75 Å². The highest BCUT2D eigenvalue weighted by Gasteiger charge is 2.39. The number of hydrogen-bond acceptors (Lipinski definition) is 5. The van der Waals surface area contributed by atoms with Crippen LogP contribution in [-0.4, -0.2) is 45.6 Å². The zero-order valence-corrected chi connectivity index (χ0v) is 24.4. The number of carbonyl (C=O) groups is 3. The molecule has 0 radical (unpaired) electrons. The molecule has 40 heavy (non-hydrogen) atoms. The summed E-state index contributed by atoms with van der Waals surface area (Å²) in [6.07, 6.45) is -0.379. The van der Waals surface area contributed by atoms with E-state index in [4.69, 9.17) is 4.74 Å². The number of aromatic hydroxyl groups is 1. The number of anilines is 1. The minimum atomic E-state index is -1.17. The van der Waals surface area contributed by atoms with Crippen LogP contribution in [0.3, 0.4) is 0 Å². The number of alkyl carbamates (subject to hydrolysis) is 1. The van der Waals surface area contributed by atoms with Gasteiger partial charge in [-0.2, -0.15) is 0 Å². The largest absolute Gasteiger partial charge is 0.508 e. The molecule has 0 aliphatic rings. The Morgan fingerprint density at radius 2 is 1.52 bits per heavy atom. The second-order valence-electron chi connectivity index (χ2n) is 11.7. The van der Waals surface area contributed by atoms with E-state index in [1.807, 2.05) is 50.2 Å². The Hall–Kier alpha value is -4.07. The lowest BCUT2D eigenvalue weighted by Crippen LogP contribution is -2.54. The van der Waals surface area contributed by atoms with Gasteiger partial charge in [-0.15, -0.1) is 0 Å². The van der Waals surface area contributed by atoms with Crippen molar-refractivity contribution < 1.29 is 24.2 Å². The summed E-state index contributed by atoms with van der Waals surface area (Å²) in [5.41, 5.74) is 0.0972. The van der Waals surface area contributed by atoms with Gasteiger partial charge in [0.1, 0.15) is 23.4 Å². The minimum absolute atomic E-state index is 0.0629. The molecule has 2 unspecified atom stereocenters. The van der Waals surface area contributed by atoms with Crippen LogP contribution in [0.15, 0.2) is 66.7 Å². The molecule has 3 aromatic carbocycles. The number of hydrogen-bond donors (Lipinski definition) is 3. The van der Waals surface area contributed by atoms with Gasteiger partial charge in [0.25, 0.3) is 5.91 Å². The summed E-state index contributed by atoms with van der Waals surface area (Å²) in [4.78, 5) is 42.3. The number of rotatable bonds is 9. The molecule has 0 aromatic heterocycles. The lowest BCUT2D eigenvalue weighted by atomic mass is 9.97. The van der Waals surface area contributed by atoms with Crippen molar-refractivity contribution in [3.8, 4) is 5.75 Å². The average Bonchev–Trinajstić information content (AvgIpc) is 2.85. The molecule has 0 aliphatic carbocycles. The number of ether oxygens (including phenoxy) is 1. The number of amides is 3. The smallest absolute Gasteiger partial charge is 0.408 e. The maximum atomic E-state index is 14.2. The molecule has 3 amide bonds. The Bertz CT molecular complexity index is 1350. The molecule has 0 bridgehead atoms. The monoisotopic (exact) mass is 547 g/mol. The molecule has 8 heteroatoms. The summed E-state index contributed by atoms with van der Waals surface area (Å²) >= 11 is 0. The van der Waals surface area contributed by atoms with Crippen molar-refractivity contribution in [2.75, 3.05) is 5.32 Å². The Morgan fingerprint density at radius 3 is 2.12 bits per heavy atom. The van der Waals surface area contributed by atoms with Crippen LogP contribution in [0.4, 0.5) is 10.5 Å². The fraction of sp³-hybridized carbons (Fsp3) is 0.406. The standard InChI is InChI=1S/C32H41N3O5/c1-20(2)18-26(34-31(39)40-32(5,6)7)30(38)35(21(3)4)28(25-14-10-11-15-27(25)36)29(37)33-24-17-16-22-12-8-9-13-23(22)19-24/h8-17,19-21,26,28,36H,18H2,1-7H3,(H,33,37)(H,34,39). The summed E-state index contributed by atoms with van der Waals surface area (Å²) in [6, 6.07) is 17.3. The molecular weight excluding hydrogens is 506 g/mol. The first-order valence-electron chi connectivity index (χ1n) is 13.7. The van der Waals surface area contributed by atoms with E-state index >= 15 is 0 Å². The highest BCUT2D eigenvalue weighted by Crippen LogP contribution is 2.33. The first-order chi connectivity index (χ1) is 18.8. The summed E-state index contributed by atoms with van der Waals surface area (Å²) in [5.74, 6) is -0.983. The Kier molecular flexibility index (Phi) is 9.79.